The van der Waals surface area contributed by atoms with Crippen molar-refractivity contribution in [2.45, 2.75) is 13.5 Å². The molecule has 136 valence electrons. The van der Waals surface area contributed by atoms with E-state index in [1.54, 1.807) is 48.5 Å². The molecule has 0 saturated carbocycles. The summed E-state index contributed by atoms with van der Waals surface area (Å²) in [6.07, 6.45) is 0. The highest BCUT2D eigenvalue weighted by molar-refractivity contribution is 6.31. The fourth-order valence-corrected chi connectivity index (χ4v) is 2.66. The fourth-order valence-electron chi connectivity index (χ4n) is 2.47. The Morgan fingerprint density at radius 3 is 2.41 bits per heavy atom. The molecule has 3 aromatic carbocycles. The zero-order valence-electron chi connectivity index (χ0n) is 14.7. The lowest BCUT2D eigenvalue weighted by atomic mass is 10.1. The number of rotatable bonds is 5. The van der Waals surface area contributed by atoms with Crippen molar-refractivity contribution in [1.29, 1.82) is 0 Å². The van der Waals surface area contributed by atoms with Crippen molar-refractivity contribution in [2.75, 3.05) is 5.32 Å². The van der Waals surface area contributed by atoms with Crippen molar-refractivity contribution < 1.29 is 14.3 Å². The van der Waals surface area contributed by atoms with Gasteiger partial charge in [-0.3, -0.25) is 4.79 Å². The number of hydrogen-bond acceptors (Lipinski definition) is 3. The Kier molecular flexibility index (Phi) is 5.89. The lowest BCUT2D eigenvalue weighted by molar-refractivity contribution is 0.0472. The van der Waals surface area contributed by atoms with Crippen molar-refractivity contribution in [3.05, 3.63) is 100 Å². The van der Waals surface area contributed by atoms with Gasteiger partial charge in [0.25, 0.3) is 5.91 Å². The summed E-state index contributed by atoms with van der Waals surface area (Å²) in [5.41, 5.74) is 3.23. The van der Waals surface area contributed by atoms with Crippen molar-refractivity contribution >= 4 is 29.2 Å². The van der Waals surface area contributed by atoms with Gasteiger partial charge in [0.05, 0.1) is 5.56 Å². The third kappa shape index (κ3) is 4.96. The van der Waals surface area contributed by atoms with Gasteiger partial charge in [-0.25, -0.2) is 4.79 Å². The smallest absolute Gasteiger partial charge is 0.338 e. The van der Waals surface area contributed by atoms with Crippen LogP contribution in [0.1, 0.15) is 31.8 Å². The molecule has 1 N–H and O–H groups in total. The first-order valence-electron chi connectivity index (χ1n) is 8.41. The zero-order valence-corrected chi connectivity index (χ0v) is 15.5. The average Bonchev–Trinajstić information content (AvgIpc) is 2.68. The first-order valence-corrected chi connectivity index (χ1v) is 8.79. The van der Waals surface area contributed by atoms with E-state index in [4.69, 9.17) is 16.3 Å². The SMILES string of the molecule is Cc1ccc(C(=O)Nc2cccc(C(=O)OCc3ccccc3Cl)c2)cc1. The summed E-state index contributed by atoms with van der Waals surface area (Å²) >= 11 is 6.07. The monoisotopic (exact) mass is 379 g/mol. The molecule has 0 heterocycles. The summed E-state index contributed by atoms with van der Waals surface area (Å²) in [4.78, 5) is 24.6. The molecule has 0 aliphatic heterocycles. The van der Waals surface area contributed by atoms with Gasteiger partial charge < -0.3 is 10.1 Å². The van der Waals surface area contributed by atoms with Gasteiger partial charge in [-0.2, -0.15) is 0 Å². The zero-order chi connectivity index (χ0) is 19.2. The largest absolute Gasteiger partial charge is 0.457 e. The number of esters is 1. The lowest BCUT2D eigenvalue weighted by Gasteiger charge is -2.09. The van der Waals surface area contributed by atoms with E-state index in [1.807, 2.05) is 31.2 Å². The van der Waals surface area contributed by atoms with Crippen LogP contribution in [-0.2, 0) is 11.3 Å². The Morgan fingerprint density at radius 1 is 0.926 bits per heavy atom. The second-order valence-corrected chi connectivity index (χ2v) is 6.48. The Balaban J connectivity index is 1.66. The summed E-state index contributed by atoms with van der Waals surface area (Å²) in [6, 6.07) is 21.1. The summed E-state index contributed by atoms with van der Waals surface area (Å²) in [6.45, 7) is 2.04. The van der Waals surface area contributed by atoms with E-state index in [0.29, 0.717) is 21.8 Å². The van der Waals surface area contributed by atoms with Crippen molar-refractivity contribution in [3.8, 4) is 0 Å². The molecule has 3 rings (SSSR count). The predicted octanol–water partition coefficient (Wildman–Crippen LogP) is 5.26. The molecule has 0 fully saturated rings. The minimum atomic E-state index is -0.485. The quantitative estimate of drug-likeness (QED) is 0.615. The lowest BCUT2D eigenvalue weighted by Crippen LogP contribution is -2.12. The average molecular weight is 380 g/mol. The standard InChI is InChI=1S/C22H18ClNO3/c1-15-9-11-16(12-10-15)21(25)24-19-7-4-6-17(13-19)22(26)27-14-18-5-2-3-8-20(18)23/h2-13H,14H2,1H3,(H,24,25). The molecule has 0 radical (unpaired) electrons. The molecule has 3 aromatic rings. The van der Waals surface area contributed by atoms with Gasteiger partial charge in [0.2, 0.25) is 0 Å². The molecule has 0 aliphatic rings. The minimum absolute atomic E-state index is 0.0818. The van der Waals surface area contributed by atoms with Crippen molar-refractivity contribution in [1.82, 2.24) is 0 Å². The third-order valence-corrected chi connectivity index (χ3v) is 4.36. The molecule has 1 amide bonds. The maximum atomic E-state index is 12.3. The van der Waals surface area contributed by atoms with Crippen LogP contribution in [0.2, 0.25) is 5.02 Å². The molecule has 0 unspecified atom stereocenters. The highest BCUT2D eigenvalue weighted by Crippen LogP contribution is 2.18. The minimum Gasteiger partial charge on any atom is -0.457 e. The number of amides is 1. The maximum absolute atomic E-state index is 12.3. The summed E-state index contributed by atoms with van der Waals surface area (Å²) in [7, 11) is 0. The van der Waals surface area contributed by atoms with Crippen LogP contribution in [0.3, 0.4) is 0 Å². The summed E-state index contributed by atoms with van der Waals surface area (Å²) in [5, 5.41) is 3.33. The van der Waals surface area contributed by atoms with Crippen LogP contribution < -0.4 is 5.32 Å². The highest BCUT2D eigenvalue weighted by Gasteiger charge is 2.11. The summed E-state index contributed by atoms with van der Waals surface area (Å²) < 4.78 is 5.32. The topological polar surface area (TPSA) is 55.4 Å². The Labute approximate surface area is 162 Å². The Morgan fingerprint density at radius 2 is 1.67 bits per heavy atom. The van der Waals surface area contributed by atoms with Crippen LogP contribution in [0.4, 0.5) is 5.69 Å². The second kappa shape index (κ2) is 8.52. The van der Waals surface area contributed by atoms with Gasteiger partial charge in [0, 0.05) is 21.8 Å². The number of anilines is 1. The van der Waals surface area contributed by atoms with Crippen LogP contribution >= 0.6 is 11.6 Å². The van der Waals surface area contributed by atoms with Gasteiger partial charge in [-0.15, -0.1) is 0 Å². The van der Waals surface area contributed by atoms with E-state index in [0.717, 1.165) is 11.1 Å². The van der Waals surface area contributed by atoms with Crippen LogP contribution in [0, 0.1) is 6.92 Å². The molecule has 0 atom stereocenters. The number of carbonyl (C=O) groups excluding carboxylic acids is 2. The van der Waals surface area contributed by atoms with E-state index in [-0.39, 0.29) is 12.5 Å². The van der Waals surface area contributed by atoms with Crippen LogP contribution in [0.25, 0.3) is 0 Å². The molecule has 0 bridgehead atoms. The molecule has 27 heavy (non-hydrogen) atoms. The van der Waals surface area contributed by atoms with E-state index >= 15 is 0 Å². The number of halogens is 1. The van der Waals surface area contributed by atoms with Gasteiger partial charge in [0.1, 0.15) is 6.61 Å². The van der Waals surface area contributed by atoms with Crippen molar-refractivity contribution in [2.24, 2.45) is 0 Å². The normalized spacial score (nSPS) is 10.3. The number of nitrogens with one attached hydrogen (secondary N) is 1. The Bertz CT molecular complexity index is 967. The molecule has 0 aromatic heterocycles. The predicted molar refractivity (Wildman–Crippen MR) is 106 cm³/mol. The van der Waals surface area contributed by atoms with Crippen LogP contribution in [-0.4, -0.2) is 11.9 Å². The number of ether oxygens (including phenoxy) is 1. The summed E-state index contributed by atoms with van der Waals surface area (Å²) in [5.74, 6) is -0.724. The molecule has 0 saturated heterocycles. The number of benzene rings is 3. The first kappa shape index (κ1) is 18.7. The van der Waals surface area contributed by atoms with Crippen LogP contribution in [0.5, 0.6) is 0 Å². The van der Waals surface area contributed by atoms with Gasteiger partial charge in [0.15, 0.2) is 0 Å². The number of aryl methyl sites for hydroxylation is 1. The molecule has 0 aliphatic carbocycles. The van der Waals surface area contributed by atoms with Gasteiger partial charge >= 0.3 is 5.97 Å². The second-order valence-electron chi connectivity index (χ2n) is 6.07. The molecule has 5 heteroatoms. The molecule has 4 nitrogen and oxygen atoms in total. The highest BCUT2D eigenvalue weighted by atomic mass is 35.5. The third-order valence-electron chi connectivity index (χ3n) is 3.99. The van der Waals surface area contributed by atoms with E-state index in [9.17, 15) is 9.59 Å². The van der Waals surface area contributed by atoms with Crippen molar-refractivity contribution in [3.63, 3.8) is 0 Å². The van der Waals surface area contributed by atoms with E-state index in [1.165, 1.54) is 0 Å². The molecular formula is C22H18ClNO3. The van der Waals surface area contributed by atoms with Gasteiger partial charge in [-0.05, 0) is 43.3 Å². The van der Waals surface area contributed by atoms with Crippen LogP contribution in [0.15, 0.2) is 72.8 Å². The molecule has 0 spiro atoms. The first-order chi connectivity index (χ1) is 13.0. The number of hydrogen-bond donors (Lipinski definition) is 1. The fraction of sp³-hybridized carbons (Fsp3) is 0.0909. The number of carbonyl (C=O) groups is 2. The molecular weight excluding hydrogens is 362 g/mol. The maximum Gasteiger partial charge on any atom is 0.338 e. The van der Waals surface area contributed by atoms with E-state index in [2.05, 4.69) is 5.32 Å². The Hall–Kier alpha value is -3.11. The van der Waals surface area contributed by atoms with E-state index < -0.39 is 5.97 Å². The van der Waals surface area contributed by atoms with Gasteiger partial charge in [-0.1, -0.05) is 53.6 Å².